The fourth-order valence-electron chi connectivity index (χ4n) is 1.42. The van der Waals surface area contributed by atoms with Crippen LogP contribution in [0.15, 0.2) is 23.3 Å². The van der Waals surface area contributed by atoms with E-state index in [0.717, 1.165) is 12.1 Å². The van der Waals surface area contributed by atoms with E-state index in [2.05, 4.69) is 15.8 Å². The second-order valence-corrected chi connectivity index (χ2v) is 3.67. The fourth-order valence-corrected chi connectivity index (χ4v) is 1.42. The quantitative estimate of drug-likeness (QED) is 0.830. The van der Waals surface area contributed by atoms with Crippen molar-refractivity contribution in [3.63, 3.8) is 0 Å². The second kappa shape index (κ2) is 4.91. The molecule has 0 radical (unpaired) electrons. The van der Waals surface area contributed by atoms with Crippen molar-refractivity contribution in [1.82, 2.24) is 5.43 Å². The summed E-state index contributed by atoms with van der Waals surface area (Å²) in [6, 6.07) is 2.81. The van der Waals surface area contributed by atoms with E-state index in [0.29, 0.717) is 6.07 Å². The Balaban J connectivity index is 2.09. The monoisotopic (exact) mass is 253 g/mol. The number of carbonyl (C=O) groups excluding carboxylic acids is 2. The van der Waals surface area contributed by atoms with Gasteiger partial charge in [-0.3, -0.25) is 9.59 Å². The first-order valence-corrected chi connectivity index (χ1v) is 5.18. The van der Waals surface area contributed by atoms with Crippen molar-refractivity contribution >= 4 is 23.2 Å². The molecule has 1 aromatic rings. The lowest BCUT2D eigenvalue weighted by Crippen LogP contribution is -2.32. The van der Waals surface area contributed by atoms with Crippen molar-refractivity contribution in [2.45, 2.75) is 12.8 Å². The van der Waals surface area contributed by atoms with Crippen LogP contribution in [0.5, 0.6) is 0 Å². The molecular formula is C11H9F2N3O2. The smallest absolute Gasteiger partial charge is 0.271 e. The molecule has 2 amide bonds. The maximum Gasteiger partial charge on any atom is 0.271 e. The molecule has 1 aliphatic rings. The average Bonchev–Trinajstić information content (AvgIpc) is 2.33. The van der Waals surface area contributed by atoms with Gasteiger partial charge in [0.15, 0.2) is 0 Å². The summed E-state index contributed by atoms with van der Waals surface area (Å²) in [5.41, 5.74) is 2.11. The highest BCUT2D eigenvalue weighted by Gasteiger charge is 2.19. The van der Waals surface area contributed by atoms with E-state index in [1.54, 1.807) is 0 Å². The summed E-state index contributed by atoms with van der Waals surface area (Å²) in [4.78, 5) is 22.5. The van der Waals surface area contributed by atoms with Gasteiger partial charge in [-0.2, -0.15) is 5.10 Å². The molecule has 0 aromatic heterocycles. The first kappa shape index (κ1) is 12.2. The Morgan fingerprint density at radius 3 is 2.72 bits per heavy atom. The summed E-state index contributed by atoms with van der Waals surface area (Å²) < 4.78 is 25.9. The molecule has 1 heterocycles. The minimum Gasteiger partial charge on any atom is -0.318 e. The number of rotatable bonds is 2. The zero-order valence-corrected chi connectivity index (χ0v) is 9.17. The normalized spacial score (nSPS) is 14.8. The van der Waals surface area contributed by atoms with Crippen molar-refractivity contribution in [2.24, 2.45) is 5.10 Å². The van der Waals surface area contributed by atoms with Crippen LogP contribution in [0.1, 0.15) is 12.8 Å². The molecule has 0 saturated carbocycles. The van der Waals surface area contributed by atoms with Crippen LogP contribution >= 0.6 is 0 Å². The Morgan fingerprint density at radius 2 is 2.11 bits per heavy atom. The molecule has 2 rings (SSSR count). The maximum absolute atomic E-state index is 13.3. The molecular weight excluding hydrogens is 244 g/mol. The van der Waals surface area contributed by atoms with Crippen LogP contribution in [0.2, 0.25) is 0 Å². The Bertz CT molecular complexity index is 543. The standard InChI is InChI=1S/C11H9F2N3O2/c12-6-1-2-8(7(13)5-6)14-11(18)9-3-4-10(17)16-15-9/h1-2,5H,3-4H2,(H,14,18)(H,16,17). The van der Waals surface area contributed by atoms with Gasteiger partial charge >= 0.3 is 0 Å². The summed E-state index contributed by atoms with van der Waals surface area (Å²) >= 11 is 0. The first-order chi connectivity index (χ1) is 8.56. The van der Waals surface area contributed by atoms with Gasteiger partial charge in [0, 0.05) is 18.9 Å². The predicted octanol–water partition coefficient (Wildman–Crippen LogP) is 1.17. The van der Waals surface area contributed by atoms with E-state index in [4.69, 9.17) is 0 Å². The number of hydrogen-bond donors (Lipinski definition) is 2. The Morgan fingerprint density at radius 1 is 1.33 bits per heavy atom. The summed E-state index contributed by atoms with van der Waals surface area (Å²) in [6.07, 6.45) is 0.332. The van der Waals surface area contributed by atoms with E-state index >= 15 is 0 Å². The van der Waals surface area contributed by atoms with Crippen LogP contribution in [0.3, 0.4) is 0 Å². The van der Waals surface area contributed by atoms with Crippen LogP contribution in [0.25, 0.3) is 0 Å². The molecule has 0 unspecified atom stereocenters. The number of amides is 2. The highest BCUT2D eigenvalue weighted by molar-refractivity contribution is 6.43. The lowest BCUT2D eigenvalue weighted by atomic mass is 10.1. The molecule has 0 saturated heterocycles. The van der Waals surface area contributed by atoms with Gasteiger partial charge in [-0.1, -0.05) is 0 Å². The number of hydrazone groups is 1. The highest BCUT2D eigenvalue weighted by Crippen LogP contribution is 2.15. The van der Waals surface area contributed by atoms with E-state index in [1.807, 2.05) is 0 Å². The number of nitrogens with zero attached hydrogens (tertiary/aromatic N) is 1. The molecule has 1 aromatic carbocycles. The molecule has 0 fully saturated rings. The summed E-state index contributed by atoms with van der Waals surface area (Å²) in [5.74, 6) is -2.50. The molecule has 0 aliphatic carbocycles. The molecule has 0 bridgehead atoms. The molecule has 1 aliphatic heterocycles. The number of benzene rings is 1. The summed E-state index contributed by atoms with van der Waals surface area (Å²) in [6.45, 7) is 0. The third-order valence-electron chi connectivity index (χ3n) is 2.35. The maximum atomic E-state index is 13.3. The van der Waals surface area contributed by atoms with Gasteiger partial charge in [-0.15, -0.1) is 0 Å². The Hall–Kier alpha value is -2.31. The molecule has 2 N–H and O–H groups in total. The number of nitrogens with one attached hydrogen (secondary N) is 2. The number of anilines is 1. The minimum absolute atomic E-state index is 0.0957. The number of hydrogen-bond acceptors (Lipinski definition) is 3. The lowest BCUT2D eigenvalue weighted by Gasteiger charge is -2.12. The van der Waals surface area contributed by atoms with Gasteiger partial charge < -0.3 is 5.32 Å². The van der Waals surface area contributed by atoms with Crippen LogP contribution in [0.4, 0.5) is 14.5 Å². The zero-order chi connectivity index (χ0) is 13.1. The lowest BCUT2D eigenvalue weighted by molar-refractivity contribution is -0.121. The van der Waals surface area contributed by atoms with Crippen molar-refractivity contribution in [3.05, 3.63) is 29.8 Å². The van der Waals surface area contributed by atoms with E-state index in [9.17, 15) is 18.4 Å². The van der Waals surface area contributed by atoms with Gasteiger partial charge in [0.1, 0.15) is 17.3 Å². The van der Waals surface area contributed by atoms with Gasteiger partial charge in [0.05, 0.1) is 5.69 Å². The first-order valence-electron chi connectivity index (χ1n) is 5.18. The van der Waals surface area contributed by atoms with Crippen LogP contribution in [0, 0.1) is 11.6 Å². The SMILES string of the molecule is O=C1CCC(C(=O)Nc2ccc(F)cc2F)=NN1. The van der Waals surface area contributed by atoms with Crippen molar-refractivity contribution in [3.8, 4) is 0 Å². The third-order valence-corrected chi connectivity index (χ3v) is 2.35. The van der Waals surface area contributed by atoms with Crippen LogP contribution in [-0.2, 0) is 9.59 Å². The summed E-state index contributed by atoms with van der Waals surface area (Å²) in [5, 5.41) is 5.82. The van der Waals surface area contributed by atoms with E-state index < -0.39 is 17.5 Å². The zero-order valence-electron chi connectivity index (χ0n) is 9.17. The van der Waals surface area contributed by atoms with Gasteiger partial charge in [-0.05, 0) is 12.1 Å². The predicted molar refractivity (Wildman–Crippen MR) is 59.8 cm³/mol. The second-order valence-electron chi connectivity index (χ2n) is 3.67. The average molecular weight is 253 g/mol. The van der Waals surface area contributed by atoms with Gasteiger partial charge in [0.2, 0.25) is 5.91 Å². The molecule has 7 heteroatoms. The van der Waals surface area contributed by atoms with Crippen molar-refractivity contribution < 1.29 is 18.4 Å². The van der Waals surface area contributed by atoms with Gasteiger partial charge in [-0.25, -0.2) is 14.2 Å². The molecule has 0 spiro atoms. The molecule has 94 valence electrons. The Labute approximate surface area is 101 Å². The summed E-state index contributed by atoms with van der Waals surface area (Å²) in [7, 11) is 0. The van der Waals surface area contributed by atoms with E-state index in [1.165, 1.54) is 0 Å². The van der Waals surface area contributed by atoms with E-state index in [-0.39, 0.29) is 30.1 Å². The number of halogens is 2. The number of carbonyl (C=O) groups is 2. The van der Waals surface area contributed by atoms with Crippen LogP contribution in [-0.4, -0.2) is 17.5 Å². The Kier molecular flexibility index (Phi) is 3.31. The molecule has 0 atom stereocenters. The highest BCUT2D eigenvalue weighted by atomic mass is 19.1. The van der Waals surface area contributed by atoms with Crippen molar-refractivity contribution in [2.75, 3.05) is 5.32 Å². The van der Waals surface area contributed by atoms with Crippen LogP contribution < -0.4 is 10.7 Å². The van der Waals surface area contributed by atoms with Gasteiger partial charge in [0.25, 0.3) is 5.91 Å². The minimum atomic E-state index is -0.871. The van der Waals surface area contributed by atoms with Crippen molar-refractivity contribution in [1.29, 1.82) is 0 Å². The molecule has 5 nitrogen and oxygen atoms in total. The topological polar surface area (TPSA) is 70.6 Å². The third kappa shape index (κ3) is 2.68. The fraction of sp³-hybridized carbons (Fsp3) is 0.182. The molecule has 18 heavy (non-hydrogen) atoms. The largest absolute Gasteiger partial charge is 0.318 e.